The summed E-state index contributed by atoms with van der Waals surface area (Å²) in [6, 6.07) is 0. The summed E-state index contributed by atoms with van der Waals surface area (Å²) in [5.41, 5.74) is 5.36. The summed E-state index contributed by atoms with van der Waals surface area (Å²) in [6.07, 6.45) is 1.93. The maximum absolute atomic E-state index is 9.61. The van der Waals surface area contributed by atoms with E-state index >= 15 is 0 Å². The van der Waals surface area contributed by atoms with Crippen LogP contribution in [0.4, 0.5) is 0 Å². The van der Waals surface area contributed by atoms with E-state index < -0.39 is 6.10 Å². The summed E-state index contributed by atoms with van der Waals surface area (Å²) in [7, 11) is 0. The number of rotatable bonds is 4. The number of aliphatic hydroxyl groups is 1. The van der Waals surface area contributed by atoms with Crippen LogP contribution in [0.2, 0.25) is 0 Å². The molecule has 1 heterocycles. The minimum atomic E-state index is -0.435. The molecule has 0 aliphatic carbocycles. The van der Waals surface area contributed by atoms with Gasteiger partial charge in [-0.25, -0.2) is 4.98 Å². The fourth-order valence-corrected chi connectivity index (χ4v) is 1.96. The van der Waals surface area contributed by atoms with Gasteiger partial charge in [0.15, 0.2) is 0 Å². The van der Waals surface area contributed by atoms with Crippen LogP contribution in [0.1, 0.15) is 42.2 Å². The highest BCUT2D eigenvalue weighted by atomic mass is 32.1. The third-order valence-corrected chi connectivity index (χ3v) is 3.20. The Kier molecular flexibility index (Phi) is 3.84. The predicted molar refractivity (Wildman–Crippen MR) is 54.8 cm³/mol. The average Bonchev–Trinajstić information content (AvgIpc) is 2.52. The molecule has 0 saturated heterocycles. The van der Waals surface area contributed by atoms with Gasteiger partial charge in [0.25, 0.3) is 0 Å². The molecule has 4 heteroatoms. The van der Waals surface area contributed by atoms with Gasteiger partial charge in [0.05, 0.1) is 16.0 Å². The molecule has 1 rings (SSSR count). The Labute approximate surface area is 82.6 Å². The fourth-order valence-electron chi connectivity index (χ4n) is 1.02. The van der Waals surface area contributed by atoms with Crippen molar-refractivity contribution in [3.05, 3.63) is 16.1 Å². The zero-order chi connectivity index (χ0) is 9.84. The largest absolute Gasteiger partial charge is 0.387 e. The molecule has 0 radical (unpaired) electrons. The zero-order valence-electron chi connectivity index (χ0n) is 8.03. The second kappa shape index (κ2) is 4.69. The SMILES string of the molecule is CC(C)c1ncc([C@H](O)CCN)s1. The van der Waals surface area contributed by atoms with Gasteiger partial charge in [-0.3, -0.25) is 0 Å². The second-order valence-corrected chi connectivity index (χ2v) is 4.44. The molecule has 0 aromatic carbocycles. The van der Waals surface area contributed by atoms with Crippen molar-refractivity contribution in [1.82, 2.24) is 4.98 Å². The minimum Gasteiger partial charge on any atom is -0.387 e. The Bertz CT molecular complexity index is 260. The molecule has 0 aliphatic heterocycles. The quantitative estimate of drug-likeness (QED) is 0.777. The molecule has 0 amide bonds. The molecule has 13 heavy (non-hydrogen) atoms. The van der Waals surface area contributed by atoms with Crippen LogP contribution in [-0.4, -0.2) is 16.6 Å². The van der Waals surface area contributed by atoms with Crippen LogP contribution in [0.3, 0.4) is 0 Å². The van der Waals surface area contributed by atoms with E-state index in [1.54, 1.807) is 17.5 Å². The monoisotopic (exact) mass is 200 g/mol. The normalized spacial score (nSPS) is 13.6. The van der Waals surface area contributed by atoms with Crippen molar-refractivity contribution >= 4 is 11.3 Å². The van der Waals surface area contributed by atoms with Gasteiger partial charge in [0.2, 0.25) is 0 Å². The van der Waals surface area contributed by atoms with Gasteiger partial charge < -0.3 is 10.8 Å². The van der Waals surface area contributed by atoms with E-state index in [2.05, 4.69) is 18.8 Å². The first-order valence-corrected chi connectivity index (χ1v) is 5.30. The van der Waals surface area contributed by atoms with Crippen molar-refractivity contribution in [2.45, 2.75) is 32.3 Å². The van der Waals surface area contributed by atoms with Crippen molar-refractivity contribution in [3.8, 4) is 0 Å². The van der Waals surface area contributed by atoms with Crippen molar-refractivity contribution in [2.24, 2.45) is 5.73 Å². The lowest BCUT2D eigenvalue weighted by Crippen LogP contribution is -2.05. The van der Waals surface area contributed by atoms with Crippen LogP contribution in [-0.2, 0) is 0 Å². The summed E-state index contributed by atoms with van der Waals surface area (Å²) in [4.78, 5) is 5.16. The molecule has 3 nitrogen and oxygen atoms in total. The maximum atomic E-state index is 9.61. The van der Waals surface area contributed by atoms with Crippen LogP contribution >= 0.6 is 11.3 Å². The molecular formula is C9H16N2OS. The van der Waals surface area contributed by atoms with E-state index in [1.165, 1.54) is 0 Å². The van der Waals surface area contributed by atoms with Crippen LogP contribution in [0.25, 0.3) is 0 Å². The molecular weight excluding hydrogens is 184 g/mol. The van der Waals surface area contributed by atoms with E-state index in [9.17, 15) is 5.11 Å². The first-order chi connectivity index (χ1) is 6.15. The highest BCUT2D eigenvalue weighted by Gasteiger charge is 2.12. The van der Waals surface area contributed by atoms with Crippen LogP contribution in [0, 0.1) is 0 Å². The van der Waals surface area contributed by atoms with E-state index in [0.717, 1.165) is 9.88 Å². The lowest BCUT2D eigenvalue weighted by molar-refractivity contribution is 0.174. The standard InChI is InChI=1S/C9H16N2OS/c1-6(2)9-11-5-8(13-9)7(12)3-4-10/h5-7,12H,3-4,10H2,1-2H3/t7-/m1/s1. The molecule has 0 saturated carbocycles. The third-order valence-electron chi connectivity index (χ3n) is 1.80. The number of hydrogen-bond acceptors (Lipinski definition) is 4. The molecule has 3 N–H and O–H groups in total. The molecule has 0 bridgehead atoms. The number of aromatic nitrogens is 1. The summed E-state index contributed by atoms with van der Waals surface area (Å²) in [5.74, 6) is 0.434. The predicted octanol–water partition coefficient (Wildman–Crippen LogP) is 1.65. The van der Waals surface area contributed by atoms with E-state index in [-0.39, 0.29) is 0 Å². The molecule has 0 unspecified atom stereocenters. The minimum absolute atomic E-state index is 0.434. The van der Waals surface area contributed by atoms with E-state index in [1.807, 2.05) is 0 Å². The van der Waals surface area contributed by atoms with Gasteiger partial charge >= 0.3 is 0 Å². The summed E-state index contributed by atoms with van der Waals surface area (Å²) in [6.45, 7) is 4.70. The summed E-state index contributed by atoms with van der Waals surface area (Å²) in [5, 5.41) is 10.7. The van der Waals surface area contributed by atoms with Crippen LogP contribution in [0.5, 0.6) is 0 Å². The van der Waals surface area contributed by atoms with Crippen LogP contribution in [0.15, 0.2) is 6.20 Å². The number of aliphatic hydroxyl groups excluding tert-OH is 1. The van der Waals surface area contributed by atoms with Gasteiger partial charge in [-0.2, -0.15) is 0 Å². The highest BCUT2D eigenvalue weighted by Crippen LogP contribution is 2.26. The molecule has 1 aromatic heterocycles. The fraction of sp³-hybridized carbons (Fsp3) is 0.667. The third kappa shape index (κ3) is 2.76. The number of thiazole rings is 1. The Morgan fingerprint density at radius 1 is 1.62 bits per heavy atom. The average molecular weight is 200 g/mol. The molecule has 0 aliphatic rings. The molecule has 1 atom stereocenters. The maximum Gasteiger partial charge on any atom is 0.0954 e. The Balaban J connectivity index is 2.67. The van der Waals surface area contributed by atoms with E-state index in [4.69, 9.17) is 5.73 Å². The van der Waals surface area contributed by atoms with Gasteiger partial charge in [0.1, 0.15) is 0 Å². The zero-order valence-corrected chi connectivity index (χ0v) is 8.84. The number of hydrogen-bond donors (Lipinski definition) is 2. The lowest BCUT2D eigenvalue weighted by Gasteiger charge is -2.04. The van der Waals surface area contributed by atoms with Gasteiger partial charge in [-0.05, 0) is 13.0 Å². The van der Waals surface area contributed by atoms with E-state index in [0.29, 0.717) is 18.9 Å². The van der Waals surface area contributed by atoms with Crippen molar-refractivity contribution in [2.75, 3.05) is 6.54 Å². The molecule has 74 valence electrons. The van der Waals surface area contributed by atoms with Gasteiger partial charge in [-0.1, -0.05) is 13.8 Å². The Morgan fingerprint density at radius 2 is 2.31 bits per heavy atom. The van der Waals surface area contributed by atoms with Gasteiger partial charge in [0, 0.05) is 12.1 Å². The smallest absolute Gasteiger partial charge is 0.0954 e. The highest BCUT2D eigenvalue weighted by molar-refractivity contribution is 7.11. The number of nitrogens with two attached hydrogens (primary N) is 1. The van der Waals surface area contributed by atoms with Crippen molar-refractivity contribution in [1.29, 1.82) is 0 Å². The first-order valence-electron chi connectivity index (χ1n) is 4.49. The van der Waals surface area contributed by atoms with Crippen molar-refractivity contribution in [3.63, 3.8) is 0 Å². The summed E-state index contributed by atoms with van der Waals surface area (Å²) >= 11 is 1.57. The molecule has 0 spiro atoms. The van der Waals surface area contributed by atoms with Crippen LogP contribution < -0.4 is 5.73 Å². The molecule has 1 aromatic rings. The first kappa shape index (κ1) is 10.6. The Hall–Kier alpha value is -0.450. The second-order valence-electron chi connectivity index (χ2n) is 3.35. The topological polar surface area (TPSA) is 59.1 Å². The summed E-state index contributed by atoms with van der Waals surface area (Å²) < 4.78 is 0. The Morgan fingerprint density at radius 3 is 2.77 bits per heavy atom. The number of nitrogens with zero attached hydrogens (tertiary/aromatic N) is 1. The molecule has 0 fully saturated rings. The van der Waals surface area contributed by atoms with Gasteiger partial charge in [-0.15, -0.1) is 11.3 Å². The van der Waals surface area contributed by atoms with Crippen molar-refractivity contribution < 1.29 is 5.11 Å². The lowest BCUT2D eigenvalue weighted by atomic mass is 10.2.